The Morgan fingerprint density at radius 3 is 2.83 bits per heavy atom. The molecular weight excluding hydrogens is 308 g/mol. The normalized spacial score (nSPS) is 11.1. The molecule has 0 aliphatic carbocycles. The number of carbonyl (C=O) groups is 1. The number of aryl methyl sites for hydroxylation is 1. The number of rotatable bonds is 4. The first-order chi connectivity index (χ1) is 11.0. The highest BCUT2D eigenvalue weighted by molar-refractivity contribution is 6.06. The number of nitrogens with zero attached hydrogens (tertiary/aromatic N) is 3. The summed E-state index contributed by atoms with van der Waals surface area (Å²) in [7, 11) is 1.59. The number of carboxylic acid groups (broad SMARTS) is 1. The van der Waals surface area contributed by atoms with Crippen LogP contribution in [0.15, 0.2) is 36.5 Å². The van der Waals surface area contributed by atoms with E-state index in [0.29, 0.717) is 22.2 Å². The van der Waals surface area contributed by atoms with E-state index >= 15 is 0 Å². The summed E-state index contributed by atoms with van der Waals surface area (Å²) in [5, 5.41) is 13.6. The van der Waals surface area contributed by atoms with Gasteiger partial charge < -0.3 is 9.84 Å². The van der Waals surface area contributed by atoms with Crippen molar-refractivity contribution in [1.29, 1.82) is 0 Å². The molecule has 0 radical (unpaired) electrons. The average Bonchev–Trinajstić information content (AvgIpc) is 2.85. The van der Waals surface area contributed by atoms with Crippen LogP contribution in [0.2, 0.25) is 0 Å². The van der Waals surface area contributed by atoms with Gasteiger partial charge in [-0.3, -0.25) is 0 Å². The largest absolute Gasteiger partial charge is 0.476 e. The fourth-order valence-corrected chi connectivity index (χ4v) is 2.41. The maximum atomic E-state index is 12.4. The molecule has 0 saturated heterocycles. The Bertz CT molecular complexity index is 893. The zero-order valence-corrected chi connectivity index (χ0v) is 11.9. The minimum absolute atomic E-state index is 0.0109. The number of fused-ring (bicyclic) bond motifs is 1. The molecule has 3 rings (SSSR count). The molecular formula is C15H11F2N3O3. The smallest absolute Gasteiger partial charge is 0.387 e. The van der Waals surface area contributed by atoms with E-state index in [1.54, 1.807) is 25.2 Å². The highest BCUT2D eigenvalue weighted by atomic mass is 19.3. The summed E-state index contributed by atoms with van der Waals surface area (Å²) in [6, 6.07) is 7.65. The Kier molecular flexibility index (Phi) is 3.65. The number of aromatic carboxylic acids is 1. The van der Waals surface area contributed by atoms with E-state index in [1.807, 2.05) is 0 Å². The standard InChI is InChI=1S/C15H11F2N3O3/c1-20-13-11(12(19-20)14(21)22)10(5-6-18-13)8-3-2-4-9(7-8)23-15(16)17/h2-7,15H,1H3,(H,21,22). The topological polar surface area (TPSA) is 77.2 Å². The third-order valence-electron chi connectivity index (χ3n) is 3.30. The van der Waals surface area contributed by atoms with Crippen LogP contribution in [0.5, 0.6) is 5.75 Å². The number of pyridine rings is 1. The molecule has 23 heavy (non-hydrogen) atoms. The van der Waals surface area contributed by atoms with Crippen LogP contribution >= 0.6 is 0 Å². The molecule has 0 aliphatic rings. The second kappa shape index (κ2) is 5.64. The van der Waals surface area contributed by atoms with E-state index in [2.05, 4.69) is 14.8 Å². The number of ether oxygens (including phenoxy) is 1. The molecule has 0 unspecified atom stereocenters. The lowest BCUT2D eigenvalue weighted by Crippen LogP contribution is -2.02. The molecule has 6 nitrogen and oxygen atoms in total. The second-order valence-corrected chi connectivity index (χ2v) is 4.74. The summed E-state index contributed by atoms with van der Waals surface area (Å²) in [4.78, 5) is 15.5. The monoisotopic (exact) mass is 319 g/mol. The molecule has 0 aliphatic heterocycles. The zero-order valence-electron chi connectivity index (χ0n) is 11.9. The van der Waals surface area contributed by atoms with E-state index in [4.69, 9.17) is 0 Å². The SMILES string of the molecule is Cn1nc(C(=O)O)c2c(-c3cccc(OC(F)F)c3)ccnc21. The van der Waals surface area contributed by atoms with Crippen molar-refractivity contribution in [2.75, 3.05) is 0 Å². The molecule has 0 fully saturated rings. The zero-order chi connectivity index (χ0) is 16.6. The van der Waals surface area contributed by atoms with Crippen molar-refractivity contribution in [2.45, 2.75) is 6.61 Å². The minimum atomic E-state index is -2.93. The van der Waals surface area contributed by atoms with Crippen molar-refractivity contribution in [2.24, 2.45) is 7.05 Å². The van der Waals surface area contributed by atoms with Crippen LogP contribution in [0.3, 0.4) is 0 Å². The predicted octanol–water partition coefficient (Wildman–Crippen LogP) is 2.93. The molecule has 118 valence electrons. The van der Waals surface area contributed by atoms with Gasteiger partial charge in [-0.25, -0.2) is 14.5 Å². The van der Waals surface area contributed by atoms with Crippen molar-refractivity contribution in [3.05, 3.63) is 42.2 Å². The maximum Gasteiger partial charge on any atom is 0.387 e. The lowest BCUT2D eigenvalue weighted by atomic mass is 10.0. The van der Waals surface area contributed by atoms with Gasteiger partial charge >= 0.3 is 12.6 Å². The van der Waals surface area contributed by atoms with E-state index in [0.717, 1.165) is 0 Å². The number of alkyl halides is 2. The van der Waals surface area contributed by atoms with Crippen molar-refractivity contribution in [3.8, 4) is 16.9 Å². The van der Waals surface area contributed by atoms with Gasteiger partial charge in [0.1, 0.15) is 5.75 Å². The van der Waals surface area contributed by atoms with Crippen LogP contribution in [0.4, 0.5) is 8.78 Å². The predicted molar refractivity (Wildman–Crippen MR) is 77.5 cm³/mol. The second-order valence-electron chi connectivity index (χ2n) is 4.74. The first kappa shape index (κ1) is 14.9. The third kappa shape index (κ3) is 2.70. The Balaban J connectivity index is 2.22. The molecule has 0 saturated carbocycles. The Morgan fingerprint density at radius 2 is 2.13 bits per heavy atom. The lowest BCUT2D eigenvalue weighted by Gasteiger charge is -2.08. The van der Waals surface area contributed by atoms with Crippen LogP contribution in [-0.4, -0.2) is 32.5 Å². The van der Waals surface area contributed by atoms with Gasteiger partial charge in [-0.1, -0.05) is 12.1 Å². The molecule has 0 bridgehead atoms. The van der Waals surface area contributed by atoms with E-state index in [-0.39, 0.29) is 11.4 Å². The van der Waals surface area contributed by atoms with Crippen LogP contribution in [0, 0.1) is 0 Å². The van der Waals surface area contributed by atoms with Gasteiger partial charge in [-0.2, -0.15) is 13.9 Å². The van der Waals surface area contributed by atoms with Crippen LogP contribution in [0.1, 0.15) is 10.5 Å². The quantitative estimate of drug-likeness (QED) is 0.800. The molecule has 0 spiro atoms. The summed E-state index contributed by atoms with van der Waals surface area (Å²) in [6.45, 7) is -2.93. The van der Waals surface area contributed by atoms with Gasteiger partial charge in [0.15, 0.2) is 11.3 Å². The Hall–Kier alpha value is -3.03. The molecule has 0 amide bonds. The van der Waals surface area contributed by atoms with Crippen molar-refractivity contribution >= 4 is 17.0 Å². The number of carboxylic acids is 1. The molecule has 1 N–H and O–H groups in total. The highest BCUT2D eigenvalue weighted by Gasteiger charge is 2.20. The summed E-state index contributed by atoms with van der Waals surface area (Å²) in [5.74, 6) is -1.20. The van der Waals surface area contributed by atoms with Gasteiger partial charge in [0, 0.05) is 13.2 Å². The molecule has 8 heteroatoms. The molecule has 3 aromatic rings. The van der Waals surface area contributed by atoms with Crippen molar-refractivity contribution in [3.63, 3.8) is 0 Å². The Morgan fingerprint density at radius 1 is 1.35 bits per heavy atom. The first-order valence-corrected chi connectivity index (χ1v) is 6.57. The maximum absolute atomic E-state index is 12.4. The average molecular weight is 319 g/mol. The lowest BCUT2D eigenvalue weighted by molar-refractivity contribution is -0.0498. The molecule has 2 aromatic heterocycles. The van der Waals surface area contributed by atoms with Crippen molar-refractivity contribution in [1.82, 2.24) is 14.8 Å². The minimum Gasteiger partial charge on any atom is -0.476 e. The van der Waals surface area contributed by atoms with Gasteiger partial charge in [0.05, 0.1) is 5.39 Å². The molecule has 0 atom stereocenters. The van der Waals surface area contributed by atoms with Gasteiger partial charge in [-0.15, -0.1) is 0 Å². The van der Waals surface area contributed by atoms with Crippen LogP contribution < -0.4 is 4.74 Å². The van der Waals surface area contributed by atoms with E-state index in [9.17, 15) is 18.7 Å². The first-order valence-electron chi connectivity index (χ1n) is 6.57. The van der Waals surface area contributed by atoms with Gasteiger partial charge in [-0.05, 0) is 29.3 Å². The van der Waals surface area contributed by atoms with Gasteiger partial charge in [0.2, 0.25) is 0 Å². The van der Waals surface area contributed by atoms with Crippen molar-refractivity contribution < 1.29 is 23.4 Å². The summed E-state index contributed by atoms with van der Waals surface area (Å²) in [5.41, 5.74) is 1.30. The summed E-state index contributed by atoms with van der Waals surface area (Å²) < 4.78 is 30.5. The van der Waals surface area contributed by atoms with Crippen LogP contribution in [-0.2, 0) is 7.05 Å². The van der Waals surface area contributed by atoms with Crippen LogP contribution in [0.25, 0.3) is 22.2 Å². The number of hydrogen-bond donors (Lipinski definition) is 1. The third-order valence-corrected chi connectivity index (χ3v) is 3.30. The number of halogens is 2. The van der Waals surface area contributed by atoms with E-state index < -0.39 is 12.6 Å². The number of benzene rings is 1. The number of aromatic nitrogens is 3. The summed E-state index contributed by atoms with van der Waals surface area (Å²) in [6.07, 6.45) is 1.51. The summed E-state index contributed by atoms with van der Waals surface area (Å²) >= 11 is 0. The van der Waals surface area contributed by atoms with Gasteiger partial charge in [0.25, 0.3) is 0 Å². The number of hydrogen-bond acceptors (Lipinski definition) is 4. The molecule has 2 heterocycles. The van der Waals surface area contributed by atoms with E-state index in [1.165, 1.54) is 23.0 Å². The molecule has 1 aromatic carbocycles. The Labute approximate surface area is 128 Å². The fourth-order valence-electron chi connectivity index (χ4n) is 2.41. The fraction of sp³-hybridized carbons (Fsp3) is 0.133. The highest BCUT2D eigenvalue weighted by Crippen LogP contribution is 2.32.